The number of halogens is 1. The quantitative estimate of drug-likeness (QED) is 0.595. The Morgan fingerprint density at radius 2 is 1.97 bits per heavy atom. The van der Waals surface area contributed by atoms with Crippen molar-refractivity contribution in [1.82, 2.24) is 10.2 Å². The van der Waals surface area contributed by atoms with Gasteiger partial charge in [0.05, 0.1) is 38.0 Å². The molecule has 0 bridgehead atoms. The molecule has 0 radical (unpaired) electrons. The molecule has 4 rings (SSSR count). The third-order valence-electron chi connectivity index (χ3n) is 5.54. The van der Waals surface area contributed by atoms with Gasteiger partial charge in [0, 0.05) is 12.2 Å². The molecular formula is C25H24FN3O4S. The third kappa shape index (κ3) is 4.84. The van der Waals surface area contributed by atoms with Gasteiger partial charge in [-0.05, 0) is 47.7 Å². The summed E-state index contributed by atoms with van der Waals surface area (Å²) in [4.78, 5) is 32.0. The van der Waals surface area contributed by atoms with Crippen LogP contribution in [0.15, 0.2) is 75.9 Å². The summed E-state index contributed by atoms with van der Waals surface area (Å²) in [6.45, 7) is 1.98. The minimum absolute atomic E-state index is 0.0648. The Morgan fingerprint density at radius 1 is 1.18 bits per heavy atom. The second kappa shape index (κ2) is 10.1. The predicted molar refractivity (Wildman–Crippen MR) is 128 cm³/mol. The Kier molecular flexibility index (Phi) is 7.02. The van der Waals surface area contributed by atoms with Gasteiger partial charge in [-0.1, -0.05) is 36.0 Å². The van der Waals surface area contributed by atoms with E-state index < -0.39 is 12.0 Å². The molecule has 0 saturated heterocycles. The van der Waals surface area contributed by atoms with Crippen molar-refractivity contribution < 1.29 is 23.5 Å². The molecule has 176 valence electrons. The zero-order chi connectivity index (χ0) is 24.2. The fraction of sp³-hybridized carbons (Fsp3) is 0.240. The number of rotatable bonds is 7. The molecule has 0 fully saturated rings. The van der Waals surface area contributed by atoms with Gasteiger partial charge in [0.1, 0.15) is 11.6 Å². The van der Waals surface area contributed by atoms with Crippen LogP contribution >= 0.6 is 11.8 Å². The topological polar surface area (TPSA) is 80.2 Å². The highest BCUT2D eigenvalue weighted by molar-refractivity contribution is 8.16. The Bertz CT molecular complexity index is 1220. The van der Waals surface area contributed by atoms with Crippen LogP contribution in [-0.2, 0) is 20.9 Å². The van der Waals surface area contributed by atoms with E-state index in [4.69, 9.17) is 9.47 Å². The van der Waals surface area contributed by atoms with Gasteiger partial charge < -0.3 is 19.7 Å². The summed E-state index contributed by atoms with van der Waals surface area (Å²) in [5.74, 6) is -0.421. The Labute approximate surface area is 201 Å². The summed E-state index contributed by atoms with van der Waals surface area (Å²) in [6.07, 6.45) is 0.0648. The summed E-state index contributed by atoms with van der Waals surface area (Å²) in [5.41, 5.74) is 3.13. The summed E-state index contributed by atoms with van der Waals surface area (Å²) in [6, 6.07) is 13.0. The number of ether oxygens (including phenoxy) is 2. The smallest absolute Gasteiger partial charge is 0.338 e. The van der Waals surface area contributed by atoms with Gasteiger partial charge in [0.15, 0.2) is 5.17 Å². The Hall–Kier alpha value is -3.59. The number of hydrogen-bond donors (Lipinski definition) is 1. The first-order valence-corrected chi connectivity index (χ1v) is 11.5. The molecule has 1 amide bonds. The third-order valence-corrected chi connectivity index (χ3v) is 6.42. The van der Waals surface area contributed by atoms with E-state index in [0.29, 0.717) is 33.4 Å². The standard InChI is InChI=1S/C25H24FN3O4S/c1-15-22(24(31)33-3)23(17-7-5-9-20(11-17)32-2)29-19(14-34-25(29)28-15)12-21(30)27-13-16-6-4-8-18(26)10-16/h4-11,14,23H,12-13H2,1-3H3,(H,27,30)/t23-/m0/s1. The number of methoxy groups -OCH3 is 2. The van der Waals surface area contributed by atoms with E-state index in [2.05, 4.69) is 10.3 Å². The van der Waals surface area contributed by atoms with Crippen LogP contribution in [0.1, 0.15) is 30.5 Å². The van der Waals surface area contributed by atoms with Gasteiger partial charge >= 0.3 is 5.97 Å². The number of carbonyl (C=O) groups excluding carboxylic acids is 2. The van der Waals surface area contributed by atoms with E-state index in [-0.39, 0.29) is 24.7 Å². The van der Waals surface area contributed by atoms with Crippen molar-refractivity contribution in [3.8, 4) is 5.75 Å². The summed E-state index contributed by atoms with van der Waals surface area (Å²) < 4.78 is 23.9. The molecule has 0 unspecified atom stereocenters. The maximum atomic E-state index is 13.4. The van der Waals surface area contributed by atoms with Crippen molar-refractivity contribution in [2.24, 2.45) is 4.99 Å². The van der Waals surface area contributed by atoms with E-state index in [0.717, 1.165) is 5.56 Å². The number of carbonyl (C=O) groups is 2. The van der Waals surface area contributed by atoms with Crippen LogP contribution in [0.4, 0.5) is 4.39 Å². The van der Waals surface area contributed by atoms with Gasteiger partial charge in [0.2, 0.25) is 5.91 Å². The number of esters is 1. The lowest BCUT2D eigenvalue weighted by Gasteiger charge is -2.36. The fourth-order valence-electron chi connectivity index (χ4n) is 3.94. The number of benzene rings is 2. The van der Waals surface area contributed by atoms with Crippen LogP contribution < -0.4 is 10.1 Å². The van der Waals surface area contributed by atoms with Gasteiger partial charge in [-0.15, -0.1) is 0 Å². The van der Waals surface area contributed by atoms with E-state index >= 15 is 0 Å². The highest BCUT2D eigenvalue weighted by Crippen LogP contribution is 2.45. The highest BCUT2D eigenvalue weighted by atomic mass is 32.2. The predicted octanol–water partition coefficient (Wildman–Crippen LogP) is 4.29. The highest BCUT2D eigenvalue weighted by Gasteiger charge is 2.41. The minimum atomic E-state index is -0.535. The molecule has 9 heteroatoms. The fourth-order valence-corrected chi connectivity index (χ4v) is 4.91. The molecule has 2 aliphatic heterocycles. The molecule has 0 aromatic heterocycles. The number of thioether (sulfide) groups is 1. The van der Waals surface area contributed by atoms with Crippen molar-refractivity contribution in [1.29, 1.82) is 0 Å². The first kappa shape index (κ1) is 23.6. The number of hydrogen-bond acceptors (Lipinski definition) is 7. The SMILES string of the molecule is COC(=O)C1=C(C)N=C2SC=C(CC(=O)NCc3cccc(F)c3)N2[C@H]1c1cccc(OC)c1. The second-order valence-electron chi connectivity index (χ2n) is 7.74. The van der Waals surface area contributed by atoms with Crippen LogP contribution in [0.3, 0.4) is 0 Å². The maximum absolute atomic E-state index is 13.4. The van der Waals surface area contributed by atoms with Crippen LogP contribution in [0.5, 0.6) is 5.75 Å². The summed E-state index contributed by atoms with van der Waals surface area (Å²) >= 11 is 1.39. The molecule has 2 aliphatic rings. The molecule has 1 N–H and O–H groups in total. The van der Waals surface area contributed by atoms with E-state index in [1.54, 1.807) is 26.2 Å². The lowest BCUT2D eigenvalue weighted by molar-refractivity contribution is -0.136. The van der Waals surface area contributed by atoms with Crippen LogP contribution in [0.25, 0.3) is 0 Å². The molecule has 2 aromatic rings. The lowest BCUT2D eigenvalue weighted by Crippen LogP contribution is -2.37. The zero-order valence-electron chi connectivity index (χ0n) is 19.0. The van der Waals surface area contributed by atoms with Crippen LogP contribution in [-0.4, -0.2) is 36.2 Å². The van der Waals surface area contributed by atoms with Crippen LogP contribution in [0.2, 0.25) is 0 Å². The molecule has 1 atom stereocenters. The van der Waals surface area contributed by atoms with Gasteiger partial charge in [-0.3, -0.25) is 4.79 Å². The number of nitrogens with zero attached hydrogens (tertiary/aromatic N) is 2. The molecule has 0 aliphatic carbocycles. The van der Waals surface area contributed by atoms with Crippen molar-refractivity contribution in [2.75, 3.05) is 14.2 Å². The van der Waals surface area contributed by atoms with E-state index in [9.17, 15) is 14.0 Å². The second-order valence-corrected chi connectivity index (χ2v) is 8.58. The average molecular weight is 482 g/mol. The molecular weight excluding hydrogens is 457 g/mol. The van der Waals surface area contributed by atoms with Crippen molar-refractivity contribution in [3.63, 3.8) is 0 Å². The molecule has 2 heterocycles. The number of amides is 1. The van der Waals surface area contributed by atoms with E-state index in [1.165, 1.54) is 31.0 Å². The number of amidine groups is 1. The zero-order valence-corrected chi connectivity index (χ0v) is 19.8. The molecule has 34 heavy (non-hydrogen) atoms. The van der Waals surface area contributed by atoms with Gasteiger partial charge in [-0.25, -0.2) is 14.2 Å². The lowest BCUT2D eigenvalue weighted by atomic mass is 9.93. The van der Waals surface area contributed by atoms with E-state index in [1.807, 2.05) is 34.6 Å². The largest absolute Gasteiger partial charge is 0.497 e. The monoisotopic (exact) mass is 481 g/mol. The Morgan fingerprint density at radius 3 is 2.71 bits per heavy atom. The molecule has 0 spiro atoms. The first-order valence-electron chi connectivity index (χ1n) is 10.6. The number of aliphatic imine (C=N–C) groups is 1. The Balaban J connectivity index is 1.61. The van der Waals surface area contributed by atoms with Crippen molar-refractivity contribution in [3.05, 3.63) is 87.9 Å². The maximum Gasteiger partial charge on any atom is 0.338 e. The number of allylic oxidation sites excluding steroid dienone is 1. The van der Waals surface area contributed by atoms with Crippen LogP contribution in [0, 0.1) is 5.82 Å². The molecule has 7 nitrogen and oxygen atoms in total. The van der Waals surface area contributed by atoms with Crippen molar-refractivity contribution >= 4 is 28.8 Å². The molecule has 2 aromatic carbocycles. The number of fused-ring (bicyclic) bond motifs is 1. The molecule has 0 saturated carbocycles. The first-order chi connectivity index (χ1) is 16.4. The summed E-state index contributed by atoms with van der Waals surface area (Å²) in [7, 11) is 2.91. The minimum Gasteiger partial charge on any atom is -0.497 e. The normalized spacial score (nSPS) is 17.1. The van der Waals surface area contributed by atoms with Gasteiger partial charge in [0.25, 0.3) is 0 Å². The van der Waals surface area contributed by atoms with Gasteiger partial charge in [-0.2, -0.15) is 0 Å². The van der Waals surface area contributed by atoms with Crippen molar-refractivity contribution in [2.45, 2.75) is 25.9 Å². The average Bonchev–Trinajstić information content (AvgIpc) is 3.23. The summed E-state index contributed by atoms with van der Waals surface area (Å²) in [5, 5.41) is 5.36. The number of nitrogens with one attached hydrogen (secondary N) is 1.